The molecule has 0 aliphatic carbocycles. The summed E-state index contributed by atoms with van der Waals surface area (Å²) in [5.74, 6) is -1.88. The second kappa shape index (κ2) is 17.1. The third-order valence-electron chi connectivity index (χ3n) is 7.52. The number of hydrogen-bond acceptors (Lipinski definition) is 9. The fraction of sp³-hybridized carbons (Fsp3) is 0.237. The van der Waals surface area contributed by atoms with Crippen LogP contribution in [0.5, 0.6) is 0 Å². The third-order valence-corrected chi connectivity index (χ3v) is 10.2. The van der Waals surface area contributed by atoms with Gasteiger partial charge in [0.25, 0.3) is 11.8 Å². The summed E-state index contributed by atoms with van der Waals surface area (Å²) in [4.78, 5) is 68.2. The maximum atomic E-state index is 13.5. The highest BCUT2D eigenvalue weighted by Gasteiger charge is 2.32. The molecule has 0 unspecified atom stereocenters. The van der Waals surface area contributed by atoms with Gasteiger partial charge in [0.1, 0.15) is 16.3 Å². The maximum absolute atomic E-state index is 13.5. The lowest BCUT2D eigenvalue weighted by Crippen LogP contribution is -2.39. The molecule has 0 fully saturated rings. The van der Waals surface area contributed by atoms with Gasteiger partial charge in [0.15, 0.2) is 0 Å². The topological polar surface area (TPSA) is 143 Å². The molecule has 14 heteroatoms. The number of esters is 1. The van der Waals surface area contributed by atoms with Gasteiger partial charge < -0.3 is 30.3 Å². The van der Waals surface area contributed by atoms with Gasteiger partial charge in [-0.3, -0.25) is 14.4 Å². The monoisotopic (exact) mass is 804 g/mol. The van der Waals surface area contributed by atoms with Crippen molar-refractivity contribution in [2.45, 2.75) is 44.2 Å². The number of thiophene rings is 1. The Morgan fingerprint density at radius 2 is 1.69 bits per heavy atom. The molecule has 3 N–H and O–H groups in total. The third kappa shape index (κ3) is 10.3. The maximum Gasteiger partial charge on any atom is 0.410 e. The molecule has 0 spiro atoms. The number of ether oxygens (including phenoxy) is 2. The van der Waals surface area contributed by atoms with Crippen molar-refractivity contribution in [1.29, 1.82) is 0 Å². The quantitative estimate of drug-likeness (QED) is 0.0840. The molecule has 2 heterocycles. The molecule has 52 heavy (non-hydrogen) atoms. The van der Waals surface area contributed by atoms with Crippen LogP contribution >= 0.6 is 39.0 Å². The fourth-order valence-electron chi connectivity index (χ4n) is 5.13. The molecular formula is C38H37BrN4O7S2. The molecule has 4 aromatic rings. The first kappa shape index (κ1) is 38.3. The highest BCUT2D eigenvalue weighted by molar-refractivity contribution is 9.10. The smallest absolute Gasteiger partial charge is 0.410 e. The van der Waals surface area contributed by atoms with Crippen LogP contribution in [0.1, 0.15) is 57.5 Å². The number of amides is 4. The summed E-state index contributed by atoms with van der Waals surface area (Å²) < 4.78 is 11.4. The molecule has 11 nitrogen and oxygen atoms in total. The van der Waals surface area contributed by atoms with Crippen molar-refractivity contribution in [3.63, 3.8) is 0 Å². The van der Waals surface area contributed by atoms with Crippen molar-refractivity contribution in [3.8, 4) is 0 Å². The first-order valence-corrected chi connectivity index (χ1v) is 18.8. The van der Waals surface area contributed by atoms with E-state index in [0.717, 1.165) is 14.9 Å². The minimum absolute atomic E-state index is 0.00641. The molecule has 1 aliphatic rings. The first-order valence-electron chi connectivity index (χ1n) is 16.2. The highest BCUT2D eigenvalue weighted by atomic mass is 79.9. The van der Waals surface area contributed by atoms with Gasteiger partial charge >= 0.3 is 12.1 Å². The van der Waals surface area contributed by atoms with Gasteiger partial charge in [0.05, 0.1) is 25.0 Å². The van der Waals surface area contributed by atoms with Crippen molar-refractivity contribution in [3.05, 3.63) is 116 Å². The zero-order valence-electron chi connectivity index (χ0n) is 28.9. The number of nitrogens with zero attached hydrogens (tertiary/aromatic N) is 1. The van der Waals surface area contributed by atoms with E-state index in [1.165, 1.54) is 30.2 Å². The first-order chi connectivity index (χ1) is 24.8. The molecule has 0 radical (unpaired) electrons. The average molecular weight is 806 g/mol. The lowest BCUT2D eigenvalue weighted by Gasteiger charge is -2.30. The van der Waals surface area contributed by atoms with Gasteiger partial charge in [0, 0.05) is 32.0 Å². The molecule has 4 amide bonds. The minimum Gasteiger partial charge on any atom is -0.465 e. The number of carbonyl (C=O) groups excluding carboxylic acids is 5. The second-order valence-corrected chi connectivity index (χ2v) is 15.7. The van der Waals surface area contributed by atoms with E-state index in [1.807, 2.05) is 24.3 Å². The van der Waals surface area contributed by atoms with Crippen molar-refractivity contribution >= 4 is 85.6 Å². The lowest BCUT2D eigenvalue weighted by atomic mass is 10.0. The summed E-state index contributed by atoms with van der Waals surface area (Å²) in [5, 5.41) is 8.79. The largest absolute Gasteiger partial charge is 0.465 e. The molecule has 3 aromatic carbocycles. The van der Waals surface area contributed by atoms with Gasteiger partial charge in [-0.05, 0) is 86.9 Å². The molecule has 1 aliphatic heterocycles. The van der Waals surface area contributed by atoms with Crippen LogP contribution < -0.4 is 16.0 Å². The van der Waals surface area contributed by atoms with Crippen LogP contribution in [0.4, 0.5) is 15.5 Å². The van der Waals surface area contributed by atoms with Crippen LogP contribution in [-0.2, 0) is 32.0 Å². The molecule has 0 saturated heterocycles. The van der Waals surface area contributed by atoms with Crippen molar-refractivity contribution in [2.75, 3.05) is 30.0 Å². The Hall–Kier alpha value is -4.92. The Morgan fingerprint density at radius 3 is 2.38 bits per heavy atom. The Kier molecular flexibility index (Phi) is 12.6. The Balaban J connectivity index is 1.25. The number of rotatable bonds is 10. The lowest BCUT2D eigenvalue weighted by molar-refractivity contribution is -0.114. The molecular weight excluding hydrogens is 768 g/mol. The van der Waals surface area contributed by atoms with Crippen LogP contribution in [0.3, 0.4) is 0 Å². The Morgan fingerprint density at radius 1 is 0.962 bits per heavy atom. The number of fused-ring (bicyclic) bond motifs is 1. The summed E-state index contributed by atoms with van der Waals surface area (Å²) in [7, 11) is 1.28. The minimum atomic E-state index is -0.646. The van der Waals surface area contributed by atoms with Crippen LogP contribution in [0.2, 0.25) is 0 Å². The Labute approximate surface area is 318 Å². The molecule has 5 rings (SSSR count). The second-order valence-electron chi connectivity index (χ2n) is 12.6. The molecule has 270 valence electrons. The van der Waals surface area contributed by atoms with E-state index in [0.29, 0.717) is 45.2 Å². The zero-order chi connectivity index (χ0) is 37.4. The van der Waals surface area contributed by atoms with E-state index in [9.17, 15) is 24.0 Å². The zero-order valence-corrected chi connectivity index (χ0v) is 32.1. The number of nitrogens with one attached hydrogen (secondary N) is 3. The van der Waals surface area contributed by atoms with Crippen molar-refractivity contribution in [1.82, 2.24) is 10.2 Å². The van der Waals surface area contributed by atoms with Gasteiger partial charge in [0.2, 0.25) is 5.91 Å². The van der Waals surface area contributed by atoms with E-state index in [-0.39, 0.29) is 23.9 Å². The van der Waals surface area contributed by atoms with Gasteiger partial charge in [-0.2, -0.15) is 0 Å². The van der Waals surface area contributed by atoms with Gasteiger partial charge in [-0.1, -0.05) is 52.3 Å². The van der Waals surface area contributed by atoms with Crippen LogP contribution in [0, 0.1) is 0 Å². The number of methoxy groups -OCH3 is 1. The van der Waals surface area contributed by atoms with E-state index < -0.39 is 29.5 Å². The van der Waals surface area contributed by atoms with Crippen LogP contribution in [0.25, 0.3) is 6.08 Å². The van der Waals surface area contributed by atoms with Crippen molar-refractivity contribution < 1.29 is 33.4 Å². The Bertz CT molecular complexity index is 2010. The molecule has 0 atom stereocenters. The van der Waals surface area contributed by atoms with E-state index in [4.69, 9.17) is 9.47 Å². The molecule has 0 saturated carbocycles. The molecule has 0 bridgehead atoms. The number of hydrogen-bond donors (Lipinski definition) is 3. The fourth-order valence-corrected chi connectivity index (χ4v) is 7.42. The molecule has 1 aromatic heterocycles. The predicted octanol–water partition coefficient (Wildman–Crippen LogP) is 7.73. The standard InChI is InChI=1S/C38H37BrN4O7S2/c1-38(2,3)50-37(48)43-18-17-28-30(21-43)52-35(32(28)36(47)49-4)42-31(44)22-51-27-12-8-11-26(20-27)40-34(46)29(19-23-13-15-25(39)16-14-23)41-33(45)24-9-6-5-7-10-24/h5-16,19-20H,17-18,21-22H2,1-4H3,(H,40,46)(H,41,45)(H,42,44)/b29-19+. The summed E-state index contributed by atoms with van der Waals surface area (Å²) in [6.45, 7) is 6.01. The van der Waals surface area contributed by atoms with Crippen molar-refractivity contribution in [2.24, 2.45) is 0 Å². The van der Waals surface area contributed by atoms with Crippen LogP contribution in [0.15, 0.2) is 93.9 Å². The van der Waals surface area contributed by atoms with Gasteiger partial charge in [-0.15, -0.1) is 23.1 Å². The predicted molar refractivity (Wildman–Crippen MR) is 206 cm³/mol. The summed E-state index contributed by atoms with van der Waals surface area (Å²) >= 11 is 5.88. The number of anilines is 2. The van der Waals surface area contributed by atoms with E-state index in [2.05, 4.69) is 31.9 Å². The van der Waals surface area contributed by atoms with Gasteiger partial charge in [-0.25, -0.2) is 9.59 Å². The summed E-state index contributed by atoms with van der Waals surface area (Å²) in [6.07, 6.45) is 1.56. The van der Waals surface area contributed by atoms with E-state index in [1.54, 1.807) is 86.3 Å². The van der Waals surface area contributed by atoms with Crippen LogP contribution in [-0.4, -0.2) is 59.7 Å². The average Bonchev–Trinajstić information content (AvgIpc) is 3.47. The number of benzene rings is 3. The number of carbonyl (C=O) groups is 5. The number of thioether (sulfide) groups is 1. The summed E-state index contributed by atoms with van der Waals surface area (Å²) in [6, 6.07) is 22.9. The number of halogens is 1. The summed E-state index contributed by atoms with van der Waals surface area (Å²) in [5.41, 5.74) is 2.00. The van der Waals surface area contributed by atoms with E-state index >= 15 is 0 Å². The highest BCUT2D eigenvalue weighted by Crippen LogP contribution is 2.38. The SMILES string of the molecule is COC(=O)c1c(NC(=O)CSc2cccc(NC(=O)/C(=C\c3ccc(Br)cc3)NC(=O)c3ccccc3)c2)sc2c1CCN(C(=O)OC(C)(C)C)C2. The normalized spacial score (nSPS) is 12.7.